The lowest BCUT2D eigenvalue weighted by molar-refractivity contribution is -0.145. The van der Waals surface area contributed by atoms with E-state index in [1.807, 2.05) is 20.8 Å². The maximum atomic E-state index is 12.1. The molecule has 0 aliphatic carbocycles. The van der Waals surface area contributed by atoms with Crippen molar-refractivity contribution in [3.63, 3.8) is 0 Å². The van der Waals surface area contributed by atoms with E-state index in [1.54, 1.807) is 9.80 Å². The molecule has 1 spiro atoms. The summed E-state index contributed by atoms with van der Waals surface area (Å²) >= 11 is 0. The Morgan fingerprint density at radius 3 is 2.35 bits per heavy atom. The average Bonchev–Trinajstić information content (AvgIpc) is 2.73. The summed E-state index contributed by atoms with van der Waals surface area (Å²) in [7, 11) is 1.32. The minimum atomic E-state index is -0.507. The minimum absolute atomic E-state index is 0.00681. The molecule has 0 aromatic rings. The quantitative estimate of drug-likeness (QED) is 0.717. The van der Waals surface area contributed by atoms with E-state index in [0.29, 0.717) is 26.1 Å². The number of piperidine rings is 1. The molecule has 2 aliphatic heterocycles. The predicted molar refractivity (Wildman–Crippen MR) is 82.7 cm³/mol. The van der Waals surface area contributed by atoms with Gasteiger partial charge in [0.15, 0.2) is 0 Å². The topological polar surface area (TPSA) is 76.2 Å². The van der Waals surface area contributed by atoms with Crippen LogP contribution in [0.1, 0.15) is 40.0 Å². The van der Waals surface area contributed by atoms with Crippen LogP contribution < -0.4 is 0 Å². The third-order valence-corrected chi connectivity index (χ3v) is 4.43. The predicted octanol–water partition coefficient (Wildman–Crippen LogP) is 1.41. The van der Waals surface area contributed by atoms with Gasteiger partial charge in [0.1, 0.15) is 12.1 Å². The van der Waals surface area contributed by atoms with Crippen LogP contribution in [-0.2, 0) is 19.1 Å². The van der Waals surface area contributed by atoms with Crippen molar-refractivity contribution < 1.29 is 23.9 Å². The van der Waals surface area contributed by atoms with Gasteiger partial charge in [0, 0.05) is 31.5 Å². The van der Waals surface area contributed by atoms with Crippen molar-refractivity contribution in [2.45, 2.75) is 45.6 Å². The molecule has 7 heteroatoms. The molecule has 0 atom stereocenters. The lowest BCUT2D eigenvalue weighted by atomic mass is 9.78. The van der Waals surface area contributed by atoms with E-state index in [9.17, 15) is 14.4 Å². The molecule has 2 amide bonds. The lowest BCUT2D eigenvalue weighted by Gasteiger charge is -2.39. The Hall–Kier alpha value is -1.79. The Morgan fingerprint density at radius 2 is 1.83 bits per heavy atom. The highest BCUT2D eigenvalue weighted by molar-refractivity contribution is 5.84. The van der Waals surface area contributed by atoms with Gasteiger partial charge in [-0.3, -0.25) is 9.59 Å². The molecule has 2 heterocycles. The van der Waals surface area contributed by atoms with Crippen molar-refractivity contribution in [1.82, 2.24) is 9.80 Å². The Kier molecular flexibility index (Phi) is 4.87. The van der Waals surface area contributed by atoms with Crippen molar-refractivity contribution in [1.29, 1.82) is 0 Å². The molecule has 0 N–H and O–H groups in total. The second kappa shape index (κ2) is 6.37. The van der Waals surface area contributed by atoms with E-state index in [0.717, 1.165) is 12.8 Å². The fourth-order valence-electron chi connectivity index (χ4n) is 3.17. The maximum Gasteiger partial charge on any atom is 0.410 e. The second-order valence-electron chi connectivity index (χ2n) is 7.47. The van der Waals surface area contributed by atoms with Crippen LogP contribution in [-0.4, -0.2) is 66.7 Å². The van der Waals surface area contributed by atoms with Gasteiger partial charge in [-0.1, -0.05) is 0 Å². The van der Waals surface area contributed by atoms with Crippen molar-refractivity contribution >= 4 is 18.0 Å². The van der Waals surface area contributed by atoms with Crippen LogP contribution in [0.15, 0.2) is 0 Å². The van der Waals surface area contributed by atoms with E-state index in [1.165, 1.54) is 7.11 Å². The molecule has 0 bridgehead atoms. The van der Waals surface area contributed by atoms with E-state index in [2.05, 4.69) is 4.74 Å². The summed E-state index contributed by atoms with van der Waals surface area (Å²) in [6.45, 7) is 7.25. The fourth-order valence-corrected chi connectivity index (χ4v) is 3.17. The zero-order valence-corrected chi connectivity index (χ0v) is 14.4. The minimum Gasteiger partial charge on any atom is -0.468 e. The number of carbonyl (C=O) groups is 3. The van der Waals surface area contributed by atoms with E-state index < -0.39 is 11.6 Å². The Morgan fingerprint density at radius 1 is 1.22 bits per heavy atom. The highest BCUT2D eigenvalue weighted by Gasteiger charge is 2.46. The zero-order valence-electron chi connectivity index (χ0n) is 14.4. The molecule has 0 radical (unpaired) electrons. The summed E-state index contributed by atoms with van der Waals surface area (Å²) in [6, 6.07) is 0. The Bertz CT molecular complexity index is 489. The SMILES string of the molecule is COC(=O)CN1CC2(CCN(C(=O)OC(C)(C)C)CC2)CC1=O. The van der Waals surface area contributed by atoms with Crippen molar-refractivity contribution in [3.05, 3.63) is 0 Å². The molecule has 0 unspecified atom stereocenters. The van der Waals surface area contributed by atoms with Gasteiger partial charge in [-0.2, -0.15) is 0 Å². The first-order valence-electron chi connectivity index (χ1n) is 7.97. The van der Waals surface area contributed by atoms with Gasteiger partial charge in [-0.05, 0) is 33.6 Å². The summed E-state index contributed by atoms with van der Waals surface area (Å²) in [5.41, 5.74) is -0.642. The lowest BCUT2D eigenvalue weighted by Crippen LogP contribution is -2.46. The highest BCUT2D eigenvalue weighted by atomic mass is 16.6. The summed E-state index contributed by atoms with van der Waals surface area (Å²) < 4.78 is 10.0. The summed E-state index contributed by atoms with van der Waals surface area (Å²) in [6.07, 6.45) is 1.63. The van der Waals surface area contributed by atoms with Crippen LogP contribution in [0.25, 0.3) is 0 Å². The monoisotopic (exact) mass is 326 g/mol. The molecule has 2 saturated heterocycles. The molecule has 0 aromatic carbocycles. The van der Waals surface area contributed by atoms with Crippen LogP contribution in [0.3, 0.4) is 0 Å². The molecule has 0 saturated carbocycles. The third-order valence-electron chi connectivity index (χ3n) is 4.43. The first-order valence-corrected chi connectivity index (χ1v) is 7.97. The molecule has 7 nitrogen and oxygen atoms in total. The van der Waals surface area contributed by atoms with E-state index in [4.69, 9.17) is 4.74 Å². The van der Waals surface area contributed by atoms with Gasteiger partial charge >= 0.3 is 12.1 Å². The van der Waals surface area contributed by atoms with Crippen LogP contribution in [0, 0.1) is 5.41 Å². The number of hydrogen-bond donors (Lipinski definition) is 0. The van der Waals surface area contributed by atoms with Gasteiger partial charge in [0.05, 0.1) is 7.11 Å². The summed E-state index contributed by atoms with van der Waals surface area (Å²) in [5, 5.41) is 0. The van der Waals surface area contributed by atoms with Gasteiger partial charge in [0.2, 0.25) is 5.91 Å². The number of hydrogen-bond acceptors (Lipinski definition) is 5. The normalized spacial score (nSPS) is 20.8. The second-order valence-corrected chi connectivity index (χ2v) is 7.47. The van der Waals surface area contributed by atoms with Crippen LogP contribution in [0.2, 0.25) is 0 Å². The van der Waals surface area contributed by atoms with Gasteiger partial charge in [-0.25, -0.2) is 4.79 Å². The largest absolute Gasteiger partial charge is 0.468 e. The zero-order chi connectivity index (χ0) is 17.3. The van der Waals surface area contributed by atoms with E-state index >= 15 is 0 Å². The van der Waals surface area contributed by atoms with Crippen molar-refractivity contribution in [2.24, 2.45) is 5.41 Å². The number of ether oxygens (including phenoxy) is 2. The third kappa shape index (κ3) is 4.36. The van der Waals surface area contributed by atoms with E-state index in [-0.39, 0.29) is 24.0 Å². The van der Waals surface area contributed by atoms with Crippen LogP contribution in [0.5, 0.6) is 0 Å². The molecular formula is C16H26N2O5. The van der Waals surface area contributed by atoms with Gasteiger partial charge < -0.3 is 19.3 Å². The number of carbonyl (C=O) groups excluding carboxylic acids is 3. The molecule has 2 aliphatic rings. The van der Waals surface area contributed by atoms with Crippen LogP contribution in [0.4, 0.5) is 4.79 Å². The number of likely N-dealkylation sites (tertiary alicyclic amines) is 2. The Balaban J connectivity index is 1.90. The Labute approximate surface area is 136 Å². The van der Waals surface area contributed by atoms with Gasteiger partial charge in [0.25, 0.3) is 0 Å². The first kappa shape index (κ1) is 17.6. The number of rotatable bonds is 2. The van der Waals surface area contributed by atoms with Crippen molar-refractivity contribution in [3.8, 4) is 0 Å². The highest BCUT2D eigenvalue weighted by Crippen LogP contribution is 2.41. The molecular weight excluding hydrogens is 300 g/mol. The smallest absolute Gasteiger partial charge is 0.410 e. The number of esters is 1. The summed E-state index contributed by atoms with van der Waals surface area (Å²) in [5.74, 6) is -0.414. The number of amides is 2. The standard InChI is InChI=1S/C16H26N2O5/c1-15(2,3)23-14(21)17-7-5-16(6-8-17)9-12(19)18(11-16)10-13(20)22-4/h5-11H2,1-4H3. The first-order chi connectivity index (χ1) is 10.6. The van der Waals surface area contributed by atoms with Gasteiger partial charge in [-0.15, -0.1) is 0 Å². The summed E-state index contributed by atoms with van der Waals surface area (Å²) in [4.78, 5) is 38.8. The molecule has 0 aromatic heterocycles. The van der Waals surface area contributed by atoms with Crippen LogP contribution >= 0.6 is 0 Å². The molecule has 2 rings (SSSR count). The molecule has 23 heavy (non-hydrogen) atoms. The molecule has 130 valence electrons. The molecule has 2 fully saturated rings. The van der Waals surface area contributed by atoms with Crippen molar-refractivity contribution in [2.75, 3.05) is 33.3 Å². The number of nitrogens with zero attached hydrogens (tertiary/aromatic N) is 2. The number of methoxy groups -OCH3 is 1. The maximum absolute atomic E-state index is 12.1. The fraction of sp³-hybridized carbons (Fsp3) is 0.812. The average molecular weight is 326 g/mol.